The van der Waals surface area contributed by atoms with E-state index in [0.29, 0.717) is 16.9 Å². The van der Waals surface area contributed by atoms with Crippen molar-refractivity contribution in [3.05, 3.63) is 113 Å². The molecule has 1 aliphatic rings. The number of para-hydroxylation sites is 2. The number of anilines is 2. The van der Waals surface area contributed by atoms with Gasteiger partial charge in [-0.3, -0.25) is 19.4 Å². The number of nitrogens with zero attached hydrogens (tertiary/aromatic N) is 4. The molecule has 0 aliphatic carbocycles. The van der Waals surface area contributed by atoms with Gasteiger partial charge in [0.1, 0.15) is 11.3 Å². The van der Waals surface area contributed by atoms with Crippen LogP contribution in [0.5, 0.6) is 11.6 Å². The number of hydrogen-bond acceptors (Lipinski definition) is 6. The molecule has 37 heavy (non-hydrogen) atoms. The lowest BCUT2D eigenvalue weighted by molar-refractivity contribution is -0.120. The molecular formula is C27H16ClFN4O3S. The Labute approximate surface area is 221 Å². The Balaban J connectivity index is 1.56. The molecule has 182 valence electrons. The summed E-state index contributed by atoms with van der Waals surface area (Å²) in [6.45, 7) is 0. The van der Waals surface area contributed by atoms with Crippen molar-refractivity contribution >= 4 is 58.2 Å². The Morgan fingerprint density at radius 1 is 0.865 bits per heavy atom. The molecule has 4 aromatic rings. The van der Waals surface area contributed by atoms with Crippen LogP contribution in [-0.4, -0.2) is 26.9 Å². The number of halogens is 2. The minimum absolute atomic E-state index is 0.0396. The predicted octanol–water partition coefficient (Wildman–Crippen LogP) is 5.81. The van der Waals surface area contributed by atoms with Crippen LogP contribution in [0, 0.1) is 5.82 Å². The number of amides is 2. The molecule has 1 fully saturated rings. The maximum Gasteiger partial charge on any atom is 0.270 e. The first kappa shape index (κ1) is 24.2. The van der Waals surface area contributed by atoms with Crippen molar-refractivity contribution in [1.82, 2.24) is 9.97 Å². The second-order valence-electron chi connectivity index (χ2n) is 7.76. The summed E-state index contributed by atoms with van der Waals surface area (Å²) in [4.78, 5) is 37.1. The summed E-state index contributed by atoms with van der Waals surface area (Å²) in [6.07, 6.45) is 2.34. The van der Waals surface area contributed by atoms with Gasteiger partial charge in [-0.25, -0.2) is 4.98 Å². The van der Waals surface area contributed by atoms with E-state index in [1.54, 1.807) is 66.7 Å². The molecule has 0 spiro atoms. The predicted molar refractivity (Wildman–Crippen MR) is 142 cm³/mol. The highest BCUT2D eigenvalue weighted by molar-refractivity contribution is 7.81. The minimum Gasteiger partial charge on any atom is -0.436 e. The highest BCUT2D eigenvalue weighted by Gasteiger charge is 2.41. The number of aromatic nitrogens is 2. The number of carbonyl (C=O) groups excluding carboxylic acids is 2. The van der Waals surface area contributed by atoms with Gasteiger partial charge in [-0.1, -0.05) is 48.5 Å². The van der Waals surface area contributed by atoms with Crippen LogP contribution in [0.3, 0.4) is 0 Å². The van der Waals surface area contributed by atoms with Crippen molar-refractivity contribution in [1.29, 1.82) is 0 Å². The van der Waals surface area contributed by atoms with Gasteiger partial charge in [-0.2, -0.15) is 9.37 Å². The van der Waals surface area contributed by atoms with Crippen LogP contribution < -0.4 is 14.5 Å². The van der Waals surface area contributed by atoms with E-state index in [1.807, 2.05) is 12.1 Å². The summed E-state index contributed by atoms with van der Waals surface area (Å²) in [5, 5.41) is -0.135. The van der Waals surface area contributed by atoms with Crippen molar-refractivity contribution in [3.8, 4) is 11.6 Å². The van der Waals surface area contributed by atoms with Crippen LogP contribution in [0.25, 0.3) is 6.08 Å². The molecule has 1 saturated heterocycles. The molecule has 0 saturated carbocycles. The van der Waals surface area contributed by atoms with E-state index in [-0.39, 0.29) is 27.6 Å². The molecule has 0 radical (unpaired) electrons. The van der Waals surface area contributed by atoms with Crippen LogP contribution in [0.1, 0.15) is 5.56 Å². The lowest BCUT2D eigenvalue weighted by Gasteiger charge is -2.36. The molecule has 1 aromatic heterocycles. The van der Waals surface area contributed by atoms with E-state index in [1.165, 1.54) is 21.9 Å². The fourth-order valence-electron chi connectivity index (χ4n) is 3.69. The van der Waals surface area contributed by atoms with E-state index >= 15 is 0 Å². The zero-order valence-corrected chi connectivity index (χ0v) is 20.5. The highest BCUT2D eigenvalue weighted by Crippen LogP contribution is 2.31. The average Bonchev–Trinajstić information content (AvgIpc) is 2.90. The fraction of sp³-hybridized carbons (Fsp3) is 0. The molecule has 1 aliphatic heterocycles. The van der Waals surface area contributed by atoms with Gasteiger partial charge in [0.15, 0.2) is 5.11 Å². The van der Waals surface area contributed by atoms with Gasteiger partial charge in [0.25, 0.3) is 17.7 Å². The molecule has 10 heteroatoms. The zero-order chi connectivity index (χ0) is 25.9. The Kier molecular flexibility index (Phi) is 6.72. The van der Waals surface area contributed by atoms with E-state index in [2.05, 4.69) is 9.97 Å². The van der Waals surface area contributed by atoms with E-state index < -0.39 is 17.6 Å². The summed E-state index contributed by atoms with van der Waals surface area (Å²) in [7, 11) is 0. The average molecular weight is 531 g/mol. The van der Waals surface area contributed by atoms with Crippen molar-refractivity contribution in [3.63, 3.8) is 0 Å². The summed E-state index contributed by atoms with van der Waals surface area (Å²) < 4.78 is 19.6. The normalized spacial score (nSPS) is 13.7. The molecule has 0 bridgehead atoms. The number of rotatable bonds is 5. The zero-order valence-electron chi connectivity index (χ0n) is 18.9. The summed E-state index contributed by atoms with van der Waals surface area (Å²) in [6, 6.07) is 24.1. The summed E-state index contributed by atoms with van der Waals surface area (Å²) in [5.74, 6) is -2.09. The standard InChI is InChI=1S/C27H16ClFN4O3S/c28-26-30-16-22(29)23(31-26)36-20-13-7-8-17(14-20)15-21-24(34)32(18-9-3-1-4-10-18)27(37)33(25(21)35)19-11-5-2-6-12-19/h1-16H. The molecule has 0 N–H and O–H groups in total. The van der Waals surface area contributed by atoms with Gasteiger partial charge in [0.05, 0.1) is 17.6 Å². The minimum atomic E-state index is -0.795. The molecule has 2 amide bonds. The van der Waals surface area contributed by atoms with Gasteiger partial charge < -0.3 is 4.74 Å². The summed E-state index contributed by atoms with van der Waals surface area (Å²) >= 11 is 11.3. The maximum absolute atomic E-state index is 14.0. The number of benzene rings is 3. The van der Waals surface area contributed by atoms with Gasteiger partial charge in [-0.05, 0) is 71.9 Å². The Bertz CT molecular complexity index is 1490. The van der Waals surface area contributed by atoms with Crippen LogP contribution in [-0.2, 0) is 9.59 Å². The first-order valence-corrected chi connectivity index (χ1v) is 11.7. The van der Waals surface area contributed by atoms with Gasteiger partial charge in [0, 0.05) is 0 Å². The van der Waals surface area contributed by atoms with E-state index in [0.717, 1.165) is 6.20 Å². The quantitative estimate of drug-likeness (QED) is 0.140. The molecule has 2 heterocycles. The third kappa shape index (κ3) is 4.95. The van der Waals surface area contributed by atoms with Crippen LogP contribution in [0.4, 0.5) is 15.8 Å². The molecular weight excluding hydrogens is 515 g/mol. The van der Waals surface area contributed by atoms with Crippen molar-refractivity contribution in [2.24, 2.45) is 0 Å². The van der Waals surface area contributed by atoms with Crippen LogP contribution in [0.15, 0.2) is 96.7 Å². The molecule has 7 nitrogen and oxygen atoms in total. The first-order chi connectivity index (χ1) is 17.9. The van der Waals surface area contributed by atoms with Gasteiger partial charge in [0.2, 0.25) is 11.1 Å². The topological polar surface area (TPSA) is 75.6 Å². The number of hydrogen-bond donors (Lipinski definition) is 0. The lowest BCUT2D eigenvalue weighted by Crippen LogP contribution is -2.56. The summed E-state index contributed by atoms with van der Waals surface area (Å²) in [5.41, 5.74) is 1.38. The lowest BCUT2D eigenvalue weighted by atomic mass is 10.0. The molecule has 0 atom stereocenters. The Hall–Kier alpha value is -4.47. The molecule has 0 unspecified atom stereocenters. The third-order valence-electron chi connectivity index (χ3n) is 5.34. The Morgan fingerprint density at radius 3 is 2.05 bits per heavy atom. The second-order valence-corrected chi connectivity index (χ2v) is 8.46. The smallest absolute Gasteiger partial charge is 0.270 e. The van der Waals surface area contributed by atoms with Crippen LogP contribution >= 0.6 is 23.8 Å². The maximum atomic E-state index is 14.0. The monoisotopic (exact) mass is 530 g/mol. The molecule has 5 rings (SSSR count). The van der Waals surface area contributed by atoms with Crippen molar-refractivity contribution in [2.45, 2.75) is 0 Å². The number of carbonyl (C=O) groups is 2. The molecule has 3 aromatic carbocycles. The van der Waals surface area contributed by atoms with Gasteiger partial charge in [-0.15, -0.1) is 0 Å². The van der Waals surface area contributed by atoms with E-state index in [9.17, 15) is 14.0 Å². The van der Waals surface area contributed by atoms with Crippen molar-refractivity contribution in [2.75, 3.05) is 9.80 Å². The van der Waals surface area contributed by atoms with E-state index in [4.69, 9.17) is 28.6 Å². The van der Waals surface area contributed by atoms with Crippen molar-refractivity contribution < 1.29 is 18.7 Å². The number of ether oxygens (including phenoxy) is 1. The fourth-order valence-corrected chi connectivity index (χ4v) is 4.19. The third-order valence-corrected chi connectivity index (χ3v) is 5.89. The van der Waals surface area contributed by atoms with Gasteiger partial charge >= 0.3 is 0 Å². The SMILES string of the molecule is O=C1C(=Cc2cccc(Oc3nc(Cl)ncc3F)c2)C(=O)N(c2ccccc2)C(=S)N1c1ccccc1. The second kappa shape index (κ2) is 10.3. The number of thiocarbonyl (C=S) groups is 1. The van der Waals surface area contributed by atoms with Crippen LogP contribution in [0.2, 0.25) is 5.28 Å². The largest absolute Gasteiger partial charge is 0.436 e. The Morgan fingerprint density at radius 2 is 1.46 bits per heavy atom. The first-order valence-electron chi connectivity index (χ1n) is 10.9. The highest BCUT2D eigenvalue weighted by atomic mass is 35.5.